The van der Waals surface area contributed by atoms with Gasteiger partial charge in [-0.2, -0.15) is 5.10 Å². The molecule has 106 valence electrons. The van der Waals surface area contributed by atoms with Gasteiger partial charge in [0.25, 0.3) is 5.91 Å². The lowest BCUT2D eigenvalue weighted by molar-refractivity contribution is 0.0641. The molecule has 0 spiro atoms. The molecular formula is C14H24N4O. The Balaban J connectivity index is 2.12. The Morgan fingerprint density at radius 3 is 2.47 bits per heavy atom. The second kappa shape index (κ2) is 5.74. The van der Waals surface area contributed by atoms with Crippen molar-refractivity contribution in [3.8, 4) is 0 Å². The number of rotatable bonds is 3. The minimum Gasteiger partial charge on any atom is -0.336 e. The van der Waals surface area contributed by atoms with E-state index in [4.69, 9.17) is 0 Å². The number of carbonyl (C=O) groups is 1. The first-order valence-electron chi connectivity index (χ1n) is 7.08. The Bertz CT molecular complexity index is 444. The molecule has 0 aliphatic carbocycles. The van der Waals surface area contributed by atoms with Crippen LogP contribution in [0.4, 0.5) is 0 Å². The van der Waals surface area contributed by atoms with E-state index in [1.165, 1.54) is 0 Å². The highest BCUT2D eigenvalue weighted by molar-refractivity contribution is 5.95. The number of piperazine rings is 1. The average Bonchev–Trinajstić information content (AvgIpc) is 2.80. The van der Waals surface area contributed by atoms with Crippen molar-refractivity contribution in [1.29, 1.82) is 0 Å². The zero-order valence-electron chi connectivity index (χ0n) is 12.4. The average molecular weight is 264 g/mol. The van der Waals surface area contributed by atoms with Gasteiger partial charge in [0.1, 0.15) is 0 Å². The molecule has 0 saturated carbocycles. The summed E-state index contributed by atoms with van der Waals surface area (Å²) in [6.07, 6.45) is 1.71. The summed E-state index contributed by atoms with van der Waals surface area (Å²) in [6, 6.07) is 0. The van der Waals surface area contributed by atoms with Crippen molar-refractivity contribution in [2.45, 2.75) is 26.7 Å². The van der Waals surface area contributed by atoms with Crippen LogP contribution in [0.1, 0.15) is 42.7 Å². The summed E-state index contributed by atoms with van der Waals surface area (Å²) in [5.74, 6) is 0.441. The van der Waals surface area contributed by atoms with Gasteiger partial charge in [0.2, 0.25) is 0 Å². The molecule has 0 bridgehead atoms. The van der Waals surface area contributed by atoms with E-state index in [0.717, 1.165) is 44.0 Å². The van der Waals surface area contributed by atoms with Crippen molar-refractivity contribution < 1.29 is 4.79 Å². The summed E-state index contributed by atoms with van der Waals surface area (Å²) in [6.45, 7) is 11.0. The predicted molar refractivity (Wildman–Crippen MR) is 75.3 cm³/mol. The number of aryl methyl sites for hydroxylation is 1. The summed E-state index contributed by atoms with van der Waals surface area (Å²) in [7, 11) is 1.90. The quantitative estimate of drug-likeness (QED) is 0.827. The Morgan fingerprint density at radius 1 is 1.32 bits per heavy atom. The van der Waals surface area contributed by atoms with Crippen molar-refractivity contribution in [3.63, 3.8) is 0 Å². The van der Waals surface area contributed by atoms with E-state index in [2.05, 4.69) is 30.8 Å². The molecule has 5 nitrogen and oxygen atoms in total. The molecular weight excluding hydrogens is 240 g/mol. The first-order valence-corrected chi connectivity index (χ1v) is 7.08. The van der Waals surface area contributed by atoms with E-state index in [9.17, 15) is 4.79 Å². The highest BCUT2D eigenvalue weighted by Gasteiger charge is 2.25. The molecule has 1 saturated heterocycles. The molecule has 1 amide bonds. The van der Waals surface area contributed by atoms with Gasteiger partial charge < -0.3 is 9.80 Å². The Hall–Kier alpha value is -1.36. The third kappa shape index (κ3) is 2.81. The van der Waals surface area contributed by atoms with E-state index < -0.39 is 0 Å². The minimum absolute atomic E-state index is 0.132. The molecule has 1 aromatic heterocycles. The Labute approximate surface area is 115 Å². The zero-order chi connectivity index (χ0) is 14.0. The molecule has 0 N–H and O–H groups in total. The molecule has 0 unspecified atom stereocenters. The van der Waals surface area contributed by atoms with Crippen LogP contribution in [0.2, 0.25) is 0 Å². The summed E-state index contributed by atoms with van der Waals surface area (Å²) in [5.41, 5.74) is 1.80. The molecule has 1 aliphatic heterocycles. The Kier molecular flexibility index (Phi) is 4.24. The topological polar surface area (TPSA) is 41.4 Å². The second-order valence-electron chi connectivity index (χ2n) is 5.45. The molecule has 1 aromatic rings. The molecule has 0 aromatic carbocycles. The van der Waals surface area contributed by atoms with Gasteiger partial charge in [0.05, 0.1) is 17.5 Å². The van der Waals surface area contributed by atoms with Gasteiger partial charge in [-0.05, 0) is 12.5 Å². The Morgan fingerprint density at radius 2 is 1.95 bits per heavy atom. The maximum absolute atomic E-state index is 12.6. The van der Waals surface area contributed by atoms with Crippen molar-refractivity contribution in [2.24, 2.45) is 7.05 Å². The summed E-state index contributed by atoms with van der Waals surface area (Å²) < 4.78 is 1.82. The number of carbonyl (C=O) groups excluding carboxylic acids is 1. The molecule has 5 heteroatoms. The van der Waals surface area contributed by atoms with Gasteiger partial charge in [0.15, 0.2) is 0 Å². The highest BCUT2D eigenvalue weighted by atomic mass is 16.2. The monoisotopic (exact) mass is 264 g/mol. The fourth-order valence-electron chi connectivity index (χ4n) is 2.73. The van der Waals surface area contributed by atoms with E-state index in [-0.39, 0.29) is 5.91 Å². The van der Waals surface area contributed by atoms with E-state index in [1.807, 2.05) is 16.6 Å². The fraction of sp³-hybridized carbons (Fsp3) is 0.714. The van der Waals surface area contributed by atoms with Crippen LogP contribution < -0.4 is 0 Å². The van der Waals surface area contributed by atoms with Crippen molar-refractivity contribution in [2.75, 3.05) is 32.7 Å². The number of amides is 1. The molecule has 1 fully saturated rings. The lowest BCUT2D eigenvalue weighted by Gasteiger charge is -2.34. The zero-order valence-corrected chi connectivity index (χ0v) is 12.4. The number of likely N-dealkylation sites (N-methyl/N-ethyl adjacent to an activating group) is 1. The van der Waals surface area contributed by atoms with Crippen LogP contribution in [0.3, 0.4) is 0 Å². The van der Waals surface area contributed by atoms with E-state index in [1.54, 1.807) is 6.20 Å². The van der Waals surface area contributed by atoms with Gasteiger partial charge in [-0.3, -0.25) is 9.48 Å². The van der Waals surface area contributed by atoms with Gasteiger partial charge in [0, 0.05) is 33.2 Å². The molecule has 0 atom stereocenters. The number of hydrogen-bond donors (Lipinski definition) is 0. The first-order chi connectivity index (χ1) is 9.04. The maximum atomic E-state index is 12.6. The maximum Gasteiger partial charge on any atom is 0.257 e. The summed E-state index contributed by atoms with van der Waals surface area (Å²) in [5, 5.41) is 4.24. The smallest absolute Gasteiger partial charge is 0.257 e. The summed E-state index contributed by atoms with van der Waals surface area (Å²) >= 11 is 0. The van der Waals surface area contributed by atoms with Crippen LogP contribution in [-0.2, 0) is 7.05 Å². The van der Waals surface area contributed by atoms with E-state index in [0.29, 0.717) is 5.92 Å². The first kappa shape index (κ1) is 14.1. The highest BCUT2D eigenvalue weighted by Crippen LogP contribution is 2.20. The van der Waals surface area contributed by atoms with Gasteiger partial charge in [-0.25, -0.2) is 0 Å². The number of nitrogens with zero attached hydrogens (tertiary/aromatic N) is 4. The van der Waals surface area contributed by atoms with Crippen molar-refractivity contribution in [3.05, 3.63) is 17.5 Å². The molecule has 19 heavy (non-hydrogen) atoms. The standard InChI is InChI=1S/C14H24N4O/c1-5-17-6-8-18(9-7-17)14(19)12-10-15-16(4)13(12)11(2)3/h10-11H,5-9H2,1-4H3. The van der Waals surface area contributed by atoms with Crippen molar-refractivity contribution in [1.82, 2.24) is 19.6 Å². The lowest BCUT2D eigenvalue weighted by Crippen LogP contribution is -2.48. The van der Waals surface area contributed by atoms with Crippen LogP contribution in [0.15, 0.2) is 6.20 Å². The number of aromatic nitrogens is 2. The van der Waals surface area contributed by atoms with Gasteiger partial charge >= 0.3 is 0 Å². The third-order valence-corrected chi connectivity index (χ3v) is 3.87. The molecule has 2 rings (SSSR count). The van der Waals surface area contributed by atoms with Crippen LogP contribution in [0.5, 0.6) is 0 Å². The minimum atomic E-state index is 0.132. The van der Waals surface area contributed by atoms with Crippen LogP contribution >= 0.6 is 0 Å². The van der Waals surface area contributed by atoms with Crippen LogP contribution in [-0.4, -0.2) is 58.2 Å². The number of hydrogen-bond acceptors (Lipinski definition) is 3. The van der Waals surface area contributed by atoms with Crippen LogP contribution in [0.25, 0.3) is 0 Å². The second-order valence-corrected chi connectivity index (χ2v) is 5.45. The lowest BCUT2D eigenvalue weighted by atomic mass is 10.0. The van der Waals surface area contributed by atoms with Crippen molar-refractivity contribution >= 4 is 5.91 Å². The predicted octanol–water partition coefficient (Wildman–Crippen LogP) is 1.32. The normalized spacial score (nSPS) is 17.2. The molecule has 0 radical (unpaired) electrons. The van der Waals surface area contributed by atoms with Gasteiger partial charge in [-0.15, -0.1) is 0 Å². The van der Waals surface area contributed by atoms with Crippen LogP contribution in [0, 0.1) is 0 Å². The molecule has 2 heterocycles. The fourth-order valence-corrected chi connectivity index (χ4v) is 2.73. The molecule has 1 aliphatic rings. The SMILES string of the molecule is CCN1CCN(C(=O)c2cnn(C)c2C(C)C)CC1. The van der Waals surface area contributed by atoms with E-state index >= 15 is 0 Å². The largest absolute Gasteiger partial charge is 0.336 e. The summed E-state index contributed by atoms with van der Waals surface area (Å²) in [4.78, 5) is 16.9. The third-order valence-electron chi connectivity index (χ3n) is 3.87. The van der Waals surface area contributed by atoms with Gasteiger partial charge in [-0.1, -0.05) is 20.8 Å².